The number of aliphatic hydroxyl groups is 2. The molecule has 0 spiro atoms. The Balaban J connectivity index is 0.00000162. The number of amides is 1. The third-order valence-electron chi connectivity index (χ3n) is 14.7. The summed E-state index contributed by atoms with van der Waals surface area (Å²) < 4.78 is 29.9. The molecule has 2 saturated heterocycles. The summed E-state index contributed by atoms with van der Waals surface area (Å²) in [4.78, 5) is 57.7. The standard InChI is InChI=1S/C43H70N2O11.C6H16Si.CH4/c1-10-30-18-24(2)17-25(3)19-36(53-8)39-37(54-9)21-27(5)43(51,56-39)40(48)41(49)45-16-12-11-13-32(45)42(50)55-38(28(6)33(46)23-34(30)47)26(4)20-29-14-15-31(44)35(22-29)52-7;1-6(2,3)7(4)5;/h18,20,25,27-33,35-39,46,51H,10-17,19,21-23,44H2,1-9H3;7H,1-5H3;1H4/b24-18+,26-20+;;/t25-,27+,28+,29-,30+,31-,32-,33-,35+,36-,37-,38+,39+,43+;;/m0../s1. The van der Waals surface area contributed by atoms with Gasteiger partial charge in [0.1, 0.15) is 24.0 Å². The van der Waals surface area contributed by atoms with E-state index >= 15 is 0 Å². The van der Waals surface area contributed by atoms with Gasteiger partial charge in [-0.25, -0.2) is 4.79 Å². The summed E-state index contributed by atoms with van der Waals surface area (Å²) in [5, 5.41) is 24.3. The molecule has 4 aliphatic rings. The third kappa shape index (κ3) is 15.1. The molecule has 0 unspecified atom stereocenters. The highest BCUT2D eigenvalue weighted by Gasteiger charge is 2.56. The van der Waals surface area contributed by atoms with E-state index in [-0.39, 0.29) is 71.8 Å². The van der Waals surface area contributed by atoms with E-state index in [0.29, 0.717) is 49.1 Å². The molecule has 13 nitrogen and oxygen atoms in total. The van der Waals surface area contributed by atoms with Crippen LogP contribution in [0.1, 0.15) is 140 Å². The van der Waals surface area contributed by atoms with Crippen LogP contribution in [0, 0.1) is 29.6 Å². The number of aliphatic hydroxyl groups excluding tert-OH is 1. The number of esters is 1. The summed E-state index contributed by atoms with van der Waals surface area (Å²) in [5.74, 6) is -7.30. The fourth-order valence-corrected chi connectivity index (χ4v) is 9.45. The van der Waals surface area contributed by atoms with E-state index < -0.39 is 77.8 Å². The Hall–Kier alpha value is -2.30. The fraction of sp³-hybridized carbons (Fsp3) is 0.840. The molecular weight excluding hydrogens is 833 g/mol. The van der Waals surface area contributed by atoms with Crippen LogP contribution >= 0.6 is 0 Å². The molecule has 4 rings (SSSR count). The van der Waals surface area contributed by atoms with Gasteiger partial charge in [-0.2, -0.15) is 0 Å². The van der Waals surface area contributed by atoms with Crippen molar-refractivity contribution in [3.8, 4) is 0 Å². The number of carbonyl (C=O) groups is 4. The van der Waals surface area contributed by atoms with Crippen LogP contribution in [0.2, 0.25) is 18.1 Å². The van der Waals surface area contributed by atoms with E-state index in [1.54, 1.807) is 21.0 Å². The van der Waals surface area contributed by atoms with Gasteiger partial charge in [-0.15, -0.1) is 0 Å². The number of nitrogens with zero attached hydrogens (tertiary/aromatic N) is 1. The van der Waals surface area contributed by atoms with Crippen LogP contribution in [0.15, 0.2) is 23.3 Å². The predicted molar refractivity (Wildman–Crippen MR) is 255 cm³/mol. The van der Waals surface area contributed by atoms with Gasteiger partial charge in [-0.3, -0.25) is 14.4 Å². The first kappa shape index (κ1) is 57.8. The largest absolute Gasteiger partial charge is 0.456 e. The number of piperidine rings is 1. The van der Waals surface area contributed by atoms with Gasteiger partial charge in [-0.05, 0) is 101 Å². The number of ketones is 2. The van der Waals surface area contributed by atoms with Crippen molar-refractivity contribution in [2.24, 2.45) is 35.3 Å². The van der Waals surface area contributed by atoms with Crippen molar-refractivity contribution in [2.45, 2.75) is 213 Å². The van der Waals surface area contributed by atoms with Gasteiger partial charge in [0.25, 0.3) is 11.7 Å². The lowest BCUT2D eigenvalue weighted by molar-refractivity contribution is -0.302. The predicted octanol–water partition coefficient (Wildman–Crippen LogP) is 7.35. The van der Waals surface area contributed by atoms with Crippen molar-refractivity contribution in [3.05, 3.63) is 23.3 Å². The highest BCUT2D eigenvalue weighted by molar-refractivity contribution is 6.59. The van der Waals surface area contributed by atoms with Gasteiger partial charge in [0.05, 0.1) is 24.4 Å². The molecule has 0 aromatic rings. The van der Waals surface area contributed by atoms with Gasteiger partial charge >= 0.3 is 5.97 Å². The molecule has 4 N–H and O–H groups in total. The maximum atomic E-state index is 14.3. The molecule has 3 fully saturated rings. The third-order valence-corrected chi connectivity index (χ3v) is 18.2. The van der Waals surface area contributed by atoms with E-state index in [1.165, 1.54) is 19.1 Å². The van der Waals surface area contributed by atoms with E-state index in [9.17, 15) is 29.4 Å². The topological polar surface area (TPSA) is 184 Å². The second-order valence-electron chi connectivity index (χ2n) is 20.8. The molecule has 0 radical (unpaired) electrons. The monoisotopic (exact) mass is 923 g/mol. The van der Waals surface area contributed by atoms with Crippen LogP contribution in [-0.2, 0) is 42.9 Å². The van der Waals surface area contributed by atoms with Crippen LogP contribution in [0.4, 0.5) is 0 Å². The SMILES string of the molecule is C.CC[C@@H]1/C=C(\C)C[C@H](C)C[C@H](OC)[C@H]2O[C@@](O)(C(=O)C(=O)N3CCCC[C@H]3C(=O)O[C@H](/C(C)=C/[C@@H]3CC[C@H](N)[C@H](OC)C3)[C@H](C)[C@@H](O)CC1=O)[C@H](C)C[C@@H]2OC.C[SiH](C)C(C)(C)C. The molecule has 14 heteroatoms. The normalized spacial score (nSPS) is 37.8. The lowest BCUT2D eigenvalue weighted by atomic mass is 9.81. The average Bonchev–Trinajstić information content (AvgIpc) is 3.23. The highest BCUT2D eigenvalue weighted by atomic mass is 28.3. The average molecular weight is 923 g/mol. The number of Topliss-reactive ketones (excluding diaryl/α,β-unsaturated/α-hetero) is 2. The van der Waals surface area contributed by atoms with Crippen LogP contribution in [0.5, 0.6) is 0 Å². The summed E-state index contributed by atoms with van der Waals surface area (Å²) in [6.45, 7) is 23.1. The molecule has 1 amide bonds. The number of nitrogens with two attached hydrogens (primary N) is 1. The van der Waals surface area contributed by atoms with Gasteiger partial charge < -0.3 is 44.5 Å². The minimum absolute atomic E-state index is 0. The number of carbonyl (C=O) groups excluding carboxylic acids is 4. The summed E-state index contributed by atoms with van der Waals surface area (Å²) in [6, 6.07) is -1.20. The Kier molecular flexibility index (Phi) is 23.2. The summed E-state index contributed by atoms with van der Waals surface area (Å²) >= 11 is 0. The molecule has 14 atom stereocenters. The lowest BCUT2D eigenvalue weighted by Crippen LogP contribution is -2.64. The quantitative estimate of drug-likeness (QED) is 0.104. The summed E-state index contributed by atoms with van der Waals surface area (Å²) in [7, 11) is 4.36. The van der Waals surface area contributed by atoms with Crippen LogP contribution in [0.25, 0.3) is 0 Å². The maximum Gasteiger partial charge on any atom is 0.329 e. The number of allylic oxidation sites excluding steroid dienone is 3. The van der Waals surface area contributed by atoms with Crippen LogP contribution < -0.4 is 5.73 Å². The number of fused-ring (bicyclic) bond motifs is 3. The van der Waals surface area contributed by atoms with Gasteiger partial charge in [0.15, 0.2) is 0 Å². The Bertz CT molecular complexity index is 1580. The zero-order chi connectivity index (χ0) is 47.6. The number of hydrogen-bond acceptors (Lipinski definition) is 12. The number of ether oxygens (including phenoxy) is 5. The lowest BCUT2D eigenvalue weighted by Gasteiger charge is -2.47. The molecule has 64 heavy (non-hydrogen) atoms. The van der Waals surface area contributed by atoms with E-state index in [4.69, 9.17) is 29.4 Å². The van der Waals surface area contributed by atoms with Crippen molar-refractivity contribution >= 4 is 32.2 Å². The number of cyclic esters (lactones) is 1. The van der Waals surface area contributed by atoms with Crippen molar-refractivity contribution < 1.29 is 53.1 Å². The van der Waals surface area contributed by atoms with Crippen molar-refractivity contribution in [1.82, 2.24) is 4.90 Å². The van der Waals surface area contributed by atoms with Gasteiger partial charge in [0, 0.05) is 66.9 Å². The minimum atomic E-state index is -2.49. The first-order valence-corrected chi connectivity index (χ1v) is 26.7. The van der Waals surface area contributed by atoms with Crippen molar-refractivity contribution in [1.29, 1.82) is 0 Å². The summed E-state index contributed by atoms with van der Waals surface area (Å²) in [6.07, 6.45) is 5.22. The first-order chi connectivity index (χ1) is 29.4. The molecule has 1 saturated carbocycles. The number of methoxy groups -OCH3 is 3. The van der Waals surface area contributed by atoms with E-state index in [2.05, 4.69) is 40.8 Å². The molecule has 370 valence electrons. The van der Waals surface area contributed by atoms with E-state index in [1.807, 2.05) is 32.9 Å². The zero-order valence-corrected chi connectivity index (χ0v) is 42.5. The maximum absolute atomic E-state index is 14.3. The molecule has 0 aromatic heterocycles. The van der Waals surface area contributed by atoms with Crippen LogP contribution in [-0.4, -0.2) is 130 Å². The minimum Gasteiger partial charge on any atom is -0.456 e. The number of hydrogen-bond donors (Lipinski definition) is 3. The molecule has 0 aromatic carbocycles. The molecule has 3 heterocycles. The van der Waals surface area contributed by atoms with Crippen molar-refractivity contribution in [2.75, 3.05) is 27.9 Å². The first-order valence-electron chi connectivity index (χ1n) is 23.8. The molecular formula is C50H90N2O11Si. The number of rotatable bonds is 6. The van der Waals surface area contributed by atoms with Gasteiger partial charge in [-0.1, -0.05) is 86.7 Å². The fourth-order valence-electron chi connectivity index (χ4n) is 9.45. The zero-order valence-electron chi connectivity index (χ0n) is 41.3. The Morgan fingerprint density at radius 2 is 1.55 bits per heavy atom. The van der Waals surface area contributed by atoms with Crippen LogP contribution in [0.3, 0.4) is 0 Å². The highest BCUT2D eigenvalue weighted by Crippen LogP contribution is 2.39. The molecule has 2 bridgehead atoms. The summed E-state index contributed by atoms with van der Waals surface area (Å²) in [5.41, 5.74) is 8.01. The second-order valence-corrected chi connectivity index (χ2v) is 24.8. The van der Waals surface area contributed by atoms with Gasteiger partial charge in [0.2, 0.25) is 5.79 Å². The second kappa shape index (κ2) is 25.7. The molecule has 1 aliphatic carbocycles. The Labute approximate surface area is 388 Å². The smallest absolute Gasteiger partial charge is 0.329 e. The Morgan fingerprint density at radius 3 is 2.11 bits per heavy atom. The van der Waals surface area contributed by atoms with E-state index in [0.717, 1.165) is 18.4 Å². The van der Waals surface area contributed by atoms with Crippen molar-refractivity contribution in [3.63, 3.8) is 0 Å². The molecule has 3 aliphatic heterocycles. The Morgan fingerprint density at radius 1 is 0.953 bits per heavy atom.